The van der Waals surface area contributed by atoms with Gasteiger partial charge in [-0.25, -0.2) is 4.79 Å². The zero-order valence-corrected chi connectivity index (χ0v) is 12.4. The van der Waals surface area contributed by atoms with Gasteiger partial charge in [0.2, 0.25) is 5.91 Å². The Hall–Kier alpha value is -2.11. The second-order valence-electron chi connectivity index (χ2n) is 4.51. The number of ether oxygens (including phenoxy) is 1. The molecule has 0 aromatic carbocycles. The van der Waals surface area contributed by atoms with Crippen LogP contribution < -0.4 is 10.9 Å². The predicted octanol–water partition coefficient (Wildman–Crippen LogP) is 0.949. The fourth-order valence-electron chi connectivity index (χ4n) is 2.22. The Labute approximate surface area is 117 Å². The summed E-state index contributed by atoms with van der Waals surface area (Å²) < 4.78 is 6.30. The Bertz CT molecular complexity index is 590. The first-order valence-corrected chi connectivity index (χ1v) is 6.46. The molecule has 1 N–H and O–H groups in total. The summed E-state index contributed by atoms with van der Waals surface area (Å²) in [6.45, 7) is 6.89. The molecule has 1 heterocycles. The molecule has 1 aromatic heterocycles. The van der Waals surface area contributed by atoms with Crippen LogP contribution in [0.5, 0.6) is 0 Å². The van der Waals surface area contributed by atoms with Gasteiger partial charge in [-0.1, -0.05) is 0 Å². The van der Waals surface area contributed by atoms with Gasteiger partial charge in [0, 0.05) is 18.8 Å². The highest BCUT2D eigenvalue weighted by atomic mass is 16.5. The van der Waals surface area contributed by atoms with Gasteiger partial charge >= 0.3 is 5.97 Å². The van der Waals surface area contributed by atoms with E-state index in [0.717, 1.165) is 0 Å². The van der Waals surface area contributed by atoms with Crippen molar-refractivity contribution in [1.29, 1.82) is 0 Å². The first-order chi connectivity index (χ1) is 9.34. The van der Waals surface area contributed by atoms with E-state index >= 15 is 0 Å². The van der Waals surface area contributed by atoms with Crippen molar-refractivity contribution in [3.8, 4) is 0 Å². The van der Waals surface area contributed by atoms with Crippen molar-refractivity contribution in [2.45, 2.75) is 33.7 Å². The van der Waals surface area contributed by atoms with Crippen LogP contribution in [0.25, 0.3) is 0 Å². The second-order valence-corrected chi connectivity index (χ2v) is 4.51. The molecule has 0 fully saturated rings. The van der Waals surface area contributed by atoms with Crippen LogP contribution in [0.4, 0.5) is 0 Å². The van der Waals surface area contributed by atoms with Crippen LogP contribution in [0, 0.1) is 13.8 Å². The number of carbonyl (C=O) groups is 2. The van der Waals surface area contributed by atoms with Crippen LogP contribution in [0.2, 0.25) is 0 Å². The summed E-state index contributed by atoms with van der Waals surface area (Å²) in [7, 11) is 1.50. The fraction of sp³-hybridized carbons (Fsp3) is 0.500. The summed E-state index contributed by atoms with van der Waals surface area (Å²) in [4.78, 5) is 35.8. The first kappa shape index (κ1) is 15.9. The minimum absolute atomic E-state index is 0.252. The van der Waals surface area contributed by atoms with Gasteiger partial charge in [0.25, 0.3) is 5.56 Å². The summed E-state index contributed by atoms with van der Waals surface area (Å²) in [6, 6.07) is 0.653. The van der Waals surface area contributed by atoms with E-state index in [1.54, 1.807) is 27.7 Å². The fourth-order valence-corrected chi connectivity index (χ4v) is 2.22. The number of aromatic nitrogens is 1. The zero-order chi connectivity index (χ0) is 15.4. The highest BCUT2D eigenvalue weighted by Gasteiger charge is 2.23. The minimum Gasteiger partial charge on any atom is -0.462 e. The van der Waals surface area contributed by atoms with E-state index < -0.39 is 12.0 Å². The van der Waals surface area contributed by atoms with Gasteiger partial charge in [0.1, 0.15) is 6.04 Å². The third-order valence-electron chi connectivity index (χ3n) is 3.19. The molecule has 1 atom stereocenters. The Balaban J connectivity index is 3.48. The number of esters is 1. The minimum atomic E-state index is -0.693. The average molecular weight is 280 g/mol. The number of amides is 1. The summed E-state index contributed by atoms with van der Waals surface area (Å²) in [5.74, 6) is -0.783. The molecule has 0 spiro atoms. The molecule has 6 nitrogen and oxygen atoms in total. The molecule has 0 radical (unpaired) electrons. The van der Waals surface area contributed by atoms with Crippen molar-refractivity contribution in [3.63, 3.8) is 0 Å². The number of hydrogen-bond acceptors (Lipinski definition) is 4. The molecule has 1 amide bonds. The standard InChI is InChI=1S/C14H20N2O4/c1-6-20-14(19)12-8(2)7-11(17)16(9(12)3)10(4)13(18)15-5/h7,10H,6H2,1-5H3,(H,15,18). The maximum atomic E-state index is 12.1. The predicted molar refractivity (Wildman–Crippen MR) is 74.9 cm³/mol. The van der Waals surface area contributed by atoms with E-state index in [9.17, 15) is 14.4 Å². The van der Waals surface area contributed by atoms with Crippen molar-refractivity contribution in [2.24, 2.45) is 0 Å². The maximum absolute atomic E-state index is 12.1. The van der Waals surface area contributed by atoms with Crippen LogP contribution in [0.1, 0.15) is 41.5 Å². The zero-order valence-electron chi connectivity index (χ0n) is 12.4. The van der Waals surface area contributed by atoms with E-state index in [4.69, 9.17) is 4.74 Å². The number of pyridine rings is 1. The molecule has 0 saturated carbocycles. The molecule has 1 unspecified atom stereocenters. The molecule has 0 aliphatic rings. The lowest BCUT2D eigenvalue weighted by molar-refractivity contribution is -0.123. The van der Waals surface area contributed by atoms with E-state index in [-0.39, 0.29) is 18.1 Å². The molecule has 0 saturated heterocycles. The van der Waals surface area contributed by atoms with Gasteiger partial charge in [0.05, 0.1) is 12.2 Å². The van der Waals surface area contributed by atoms with Gasteiger partial charge < -0.3 is 10.1 Å². The quantitative estimate of drug-likeness (QED) is 0.833. The van der Waals surface area contributed by atoms with Gasteiger partial charge in [-0.05, 0) is 33.3 Å². The molecular formula is C14H20N2O4. The van der Waals surface area contributed by atoms with Crippen LogP contribution in [0.15, 0.2) is 10.9 Å². The molecule has 0 aliphatic heterocycles. The topological polar surface area (TPSA) is 77.4 Å². The average Bonchev–Trinajstić information content (AvgIpc) is 2.37. The lowest BCUT2D eigenvalue weighted by atomic mass is 10.1. The van der Waals surface area contributed by atoms with Crippen LogP contribution >= 0.6 is 0 Å². The number of nitrogens with one attached hydrogen (secondary N) is 1. The van der Waals surface area contributed by atoms with Crippen molar-refractivity contribution >= 4 is 11.9 Å². The van der Waals surface area contributed by atoms with Crippen molar-refractivity contribution in [3.05, 3.63) is 33.2 Å². The number of rotatable bonds is 4. The van der Waals surface area contributed by atoms with Crippen molar-refractivity contribution in [1.82, 2.24) is 9.88 Å². The van der Waals surface area contributed by atoms with Gasteiger partial charge in [-0.2, -0.15) is 0 Å². The SMILES string of the molecule is CCOC(=O)c1c(C)cc(=O)n(C(C)C(=O)NC)c1C. The summed E-state index contributed by atoms with van der Waals surface area (Å²) in [6.07, 6.45) is 0. The highest BCUT2D eigenvalue weighted by molar-refractivity contribution is 5.92. The lowest BCUT2D eigenvalue weighted by Crippen LogP contribution is -2.36. The monoisotopic (exact) mass is 280 g/mol. The van der Waals surface area contributed by atoms with Gasteiger partial charge in [-0.3, -0.25) is 14.2 Å². The molecule has 0 bridgehead atoms. The molecule has 1 rings (SSSR count). The molecular weight excluding hydrogens is 260 g/mol. The Morgan fingerprint density at radius 1 is 1.40 bits per heavy atom. The third-order valence-corrected chi connectivity index (χ3v) is 3.19. The first-order valence-electron chi connectivity index (χ1n) is 6.46. The van der Waals surface area contributed by atoms with Crippen LogP contribution in [0.3, 0.4) is 0 Å². The molecule has 6 heteroatoms. The number of carbonyl (C=O) groups excluding carboxylic acids is 2. The number of likely N-dealkylation sites (N-methyl/N-ethyl adjacent to an activating group) is 1. The summed E-state index contributed by atoms with van der Waals surface area (Å²) in [5.41, 5.74) is 1.00. The van der Waals surface area contributed by atoms with E-state index in [2.05, 4.69) is 5.32 Å². The van der Waals surface area contributed by atoms with E-state index in [0.29, 0.717) is 16.8 Å². The smallest absolute Gasteiger partial charge is 0.340 e. The maximum Gasteiger partial charge on any atom is 0.340 e. The highest BCUT2D eigenvalue weighted by Crippen LogP contribution is 2.16. The lowest BCUT2D eigenvalue weighted by Gasteiger charge is -2.19. The summed E-state index contributed by atoms with van der Waals surface area (Å²) >= 11 is 0. The Kier molecular flexibility index (Phi) is 5.07. The van der Waals surface area contributed by atoms with E-state index in [1.165, 1.54) is 17.7 Å². The third kappa shape index (κ3) is 2.89. The molecule has 0 aliphatic carbocycles. The van der Waals surface area contributed by atoms with Crippen molar-refractivity contribution < 1.29 is 14.3 Å². The largest absolute Gasteiger partial charge is 0.462 e. The summed E-state index contributed by atoms with van der Waals surface area (Å²) in [5, 5.41) is 2.49. The molecule has 1 aromatic rings. The Morgan fingerprint density at radius 3 is 2.50 bits per heavy atom. The van der Waals surface area contributed by atoms with Crippen LogP contribution in [-0.4, -0.2) is 30.1 Å². The molecule has 20 heavy (non-hydrogen) atoms. The van der Waals surface area contributed by atoms with Crippen molar-refractivity contribution in [2.75, 3.05) is 13.7 Å². The number of aryl methyl sites for hydroxylation is 1. The molecule has 110 valence electrons. The Morgan fingerprint density at radius 2 is 2.00 bits per heavy atom. The van der Waals surface area contributed by atoms with Crippen LogP contribution in [-0.2, 0) is 9.53 Å². The van der Waals surface area contributed by atoms with Gasteiger partial charge in [0.15, 0.2) is 0 Å². The second kappa shape index (κ2) is 6.36. The number of hydrogen-bond donors (Lipinski definition) is 1. The normalized spacial score (nSPS) is 11.8. The van der Waals surface area contributed by atoms with Gasteiger partial charge in [-0.15, -0.1) is 0 Å². The number of nitrogens with zero attached hydrogens (tertiary/aromatic N) is 1. The van der Waals surface area contributed by atoms with E-state index in [1.807, 2.05) is 0 Å².